The highest BCUT2D eigenvalue weighted by molar-refractivity contribution is 6.04. The first kappa shape index (κ1) is 23.6. The molecule has 0 spiro atoms. The molecule has 0 radical (unpaired) electrons. The van der Waals surface area contributed by atoms with Crippen LogP contribution in [0, 0.1) is 5.41 Å². The third-order valence-electron chi connectivity index (χ3n) is 4.48. The van der Waals surface area contributed by atoms with Crippen LogP contribution in [0.5, 0.6) is 0 Å². The van der Waals surface area contributed by atoms with Crippen molar-refractivity contribution in [2.24, 2.45) is 5.73 Å². The number of ether oxygens (including phenoxy) is 1. The molecule has 0 saturated carbocycles. The second-order valence-electron chi connectivity index (χ2n) is 6.78. The van der Waals surface area contributed by atoms with Crippen LogP contribution in [-0.4, -0.2) is 79.4 Å². The Kier molecular flexibility index (Phi) is 8.76. The van der Waals surface area contributed by atoms with Gasteiger partial charge in [-0.3, -0.25) is 30.0 Å². The number of hydrazine groups is 1. The van der Waals surface area contributed by atoms with Crippen molar-refractivity contribution in [3.63, 3.8) is 0 Å². The van der Waals surface area contributed by atoms with Crippen molar-refractivity contribution in [1.82, 2.24) is 20.7 Å². The van der Waals surface area contributed by atoms with Gasteiger partial charge in [-0.1, -0.05) is 6.07 Å². The molecular formula is C19H27N7O5. The molecule has 1 aliphatic heterocycles. The van der Waals surface area contributed by atoms with Gasteiger partial charge in [0.05, 0.1) is 13.5 Å². The maximum atomic E-state index is 12.2. The number of benzene rings is 1. The van der Waals surface area contributed by atoms with E-state index in [0.717, 1.165) is 0 Å². The van der Waals surface area contributed by atoms with Gasteiger partial charge in [0.2, 0.25) is 11.8 Å². The molecular weight excluding hydrogens is 406 g/mol. The highest BCUT2D eigenvalue weighted by atomic mass is 16.5. The first-order chi connectivity index (χ1) is 14.8. The summed E-state index contributed by atoms with van der Waals surface area (Å²) in [6, 6.07) is 6.24. The first-order valence-electron chi connectivity index (χ1n) is 9.67. The Morgan fingerprint density at radius 3 is 2.48 bits per heavy atom. The number of rotatable bonds is 8. The first-order valence-corrected chi connectivity index (χ1v) is 9.67. The van der Waals surface area contributed by atoms with Gasteiger partial charge < -0.3 is 26.0 Å². The second kappa shape index (κ2) is 11.5. The van der Waals surface area contributed by atoms with Crippen molar-refractivity contribution >= 4 is 35.3 Å². The summed E-state index contributed by atoms with van der Waals surface area (Å²) in [5.74, 6) is -1.83. The SMILES string of the molecule is COC(=O)CCNC(=O)c1cccc(NC(=O)CC(=O)NN2CCN(C(=N)N)CC2)c1. The highest BCUT2D eigenvalue weighted by Crippen LogP contribution is 2.11. The van der Waals surface area contributed by atoms with E-state index in [1.807, 2.05) is 0 Å². The van der Waals surface area contributed by atoms with Crippen LogP contribution in [0.1, 0.15) is 23.2 Å². The van der Waals surface area contributed by atoms with Gasteiger partial charge in [0.15, 0.2) is 5.96 Å². The molecule has 0 aliphatic carbocycles. The number of nitrogens with one attached hydrogen (secondary N) is 4. The number of carbonyl (C=O) groups excluding carboxylic acids is 4. The number of hydrogen-bond donors (Lipinski definition) is 5. The average Bonchev–Trinajstić information content (AvgIpc) is 2.73. The van der Waals surface area contributed by atoms with E-state index in [9.17, 15) is 19.2 Å². The number of nitrogens with zero attached hydrogens (tertiary/aromatic N) is 2. The van der Waals surface area contributed by atoms with E-state index in [1.165, 1.54) is 13.2 Å². The van der Waals surface area contributed by atoms with E-state index >= 15 is 0 Å². The summed E-state index contributed by atoms with van der Waals surface area (Å²) in [4.78, 5) is 49.2. The molecule has 1 heterocycles. The molecule has 0 bridgehead atoms. The summed E-state index contributed by atoms with van der Waals surface area (Å²) in [6.45, 7) is 2.12. The predicted molar refractivity (Wildman–Crippen MR) is 112 cm³/mol. The van der Waals surface area contributed by atoms with Crippen LogP contribution in [0.25, 0.3) is 0 Å². The van der Waals surface area contributed by atoms with E-state index in [0.29, 0.717) is 37.4 Å². The van der Waals surface area contributed by atoms with E-state index in [2.05, 4.69) is 20.8 Å². The maximum Gasteiger partial charge on any atom is 0.307 e. The lowest BCUT2D eigenvalue weighted by Gasteiger charge is -2.34. The normalized spacial score (nSPS) is 13.8. The molecule has 168 valence electrons. The van der Waals surface area contributed by atoms with Crippen LogP contribution >= 0.6 is 0 Å². The number of methoxy groups -OCH3 is 1. The summed E-state index contributed by atoms with van der Waals surface area (Å²) in [6.07, 6.45) is -0.333. The fourth-order valence-corrected chi connectivity index (χ4v) is 2.85. The van der Waals surface area contributed by atoms with E-state index < -0.39 is 23.7 Å². The lowest BCUT2D eigenvalue weighted by molar-refractivity contribution is -0.140. The molecule has 1 aromatic rings. The monoisotopic (exact) mass is 433 g/mol. The molecule has 1 saturated heterocycles. The standard InChI is InChI=1S/C19H27N7O5/c1-31-17(29)5-6-22-18(30)13-3-2-4-14(11-13)23-15(27)12-16(28)24-26-9-7-25(8-10-26)19(20)21/h2-4,11H,5-10,12H2,1H3,(H3,20,21)(H,22,30)(H,23,27)(H,24,28). The zero-order valence-electron chi connectivity index (χ0n) is 17.3. The zero-order valence-corrected chi connectivity index (χ0v) is 17.3. The minimum atomic E-state index is -0.525. The Bertz CT molecular complexity index is 837. The largest absolute Gasteiger partial charge is 0.469 e. The Morgan fingerprint density at radius 2 is 1.84 bits per heavy atom. The third-order valence-corrected chi connectivity index (χ3v) is 4.48. The fourth-order valence-electron chi connectivity index (χ4n) is 2.85. The van der Waals surface area contributed by atoms with E-state index in [4.69, 9.17) is 11.1 Å². The van der Waals surface area contributed by atoms with Crippen molar-refractivity contribution in [3.05, 3.63) is 29.8 Å². The van der Waals surface area contributed by atoms with Crippen LogP contribution in [0.3, 0.4) is 0 Å². The molecule has 0 unspecified atom stereocenters. The highest BCUT2D eigenvalue weighted by Gasteiger charge is 2.20. The van der Waals surface area contributed by atoms with Crippen molar-refractivity contribution in [2.75, 3.05) is 45.2 Å². The van der Waals surface area contributed by atoms with Gasteiger partial charge in [-0.25, -0.2) is 5.01 Å². The number of carbonyl (C=O) groups is 4. The summed E-state index contributed by atoms with van der Waals surface area (Å²) in [5, 5.41) is 14.2. The number of piperazine rings is 1. The summed E-state index contributed by atoms with van der Waals surface area (Å²) < 4.78 is 4.51. The lowest BCUT2D eigenvalue weighted by atomic mass is 10.2. The van der Waals surface area contributed by atoms with Gasteiger partial charge in [0, 0.05) is 44.0 Å². The number of esters is 1. The number of amides is 3. The quantitative estimate of drug-likeness (QED) is 0.148. The van der Waals surface area contributed by atoms with Crippen LogP contribution in [-0.2, 0) is 19.1 Å². The van der Waals surface area contributed by atoms with Gasteiger partial charge >= 0.3 is 5.97 Å². The molecule has 1 aromatic carbocycles. The number of hydrogen-bond acceptors (Lipinski definition) is 7. The Balaban J connectivity index is 1.78. The van der Waals surface area contributed by atoms with Crippen molar-refractivity contribution in [1.29, 1.82) is 5.41 Å². The lowest BCUT2D eigenvalue weighted by Crippen LogP contribution is -2.56. The Labute approximate surface area is 179 Å². The van der Waals surface area contributed by atoms with Crippen molar-refractivity contribution in [2.45, 2.75) is 12.8 Å². The van der Waals surface area contributed by atoms with Gasteiger partial charge in [0.25, 0.3) is 5.91 Å². The molecule has 3 amide bonds. The Morgan fingerprint density at radius 1 is 1.13 bits per heavy atom. The number of anilines is 1. The van der Waals surface area contributed by atoms with Crippen LogP contribution in [0.15, 0.2) is 24.3 Å². The average molecular weight is 433 g/mol. The minimum absolute atomic E-state index is 0.00951. The predicted octanol–water partition coefficient (Wildman–Crippen LogP) is -1.15. The van der Waals surface area contributed by atoms with Gasteiger partial charge in [-0.05, 0) is 18.2 Å². The van der Waals surface area contributed by atoms with E-state index in [1.54, 1.807) is 28.1 Å². The molecule has 1 fully saturated rings. The molecule has 12 heteroatoms. The maximum absolute atomic E-state index is 12.2. The zero-order chi connectivity index (χ0) is 22.8. The van der Waals surface area contributed by atoms with Crippen molar-refractivity contribution in [3.8, 4) is 0 Å². The van der Waals surface area contributed by atoms with Gasteiger partial charge in [-0.2, -0.15) is 0 Å². The molecule has 0 aromatic heterocycles. The van der Waals surface area contributed by atoms with Crippen LogP contribution < -0.4 is 21.8 Å². The van der Waals surface area contributed by atoms with Crippen molar-refractivity contribution < 1.29 is 23.9 Å². The van der Waals surface area contributed by atoms with Gasteiger partial charge in [-0.15, -0.1) is 0 Å². The Hall–Kier alpha value is -3.67. The van der Waals surface area contributed by atoms with Crippen LogP contribution in [0.4, 0.5) is 5.69 Å². The van der Waals surface area contributed by atoms with Crippen LogP contribution in [0.2, 0.25) is 0 Å². The summed E-state index contributed by atoms with van der Waals surface area (Å²) in [5.41, 5.74) is 8.76. The molecule has 1 aliphatic rings. The molecule has 6 N–H and O–H groups in total. The van der Waals surface area contributed by atoms with Gasteiger partial charge in [0.1, 0.15) is 6.42 Å². The molecule has 31 heavy (non-hydrogen) atoms. The minimum Gasteiger partial charge on any atom is -0.469 e. The number of guanidine groups is 1. The number of nitrogens with two attached hydrogens (primary N) is 1. The third kappa shape index (κ3) is 7.93. The summed E-state index contributed by atoms with van der Waals surface area (Å²) >= 11 is 0. The topological polar surface area (TPSA) is 170 Å². The van der Waals surface area contributed by atoms with E-state index in [-0.39, 0.29) is 25.3 Å². The fraction of sp³-hybridized carbons (Fsp3) is 0.421. The molecule has 0 atom stereocenters. The molecule has 12 nitrogen and oxygen atoms in total. The second-order valence-corrected chi connectivity index (χ2v) is 6.78. The summed E-state index contributed by atoms with van der Waals surface area (Å²) in [7, 11) is 1.27. The molecule has 2 rings (SSSR count). The smallest absolute Gasteiger partial charge is 0.307 e.